The maximum Gasteiger partial charge on any atom is 0.382 e. The van der Waals surface area contributed by atoms with Crippen LogP contribution in [0, 0.1) is 5.41 Å². The Morgan fingerprint density at radius 1 is 1.08 bits per heavy atom. The van der Waals surface area contributed by atoms with Gasteiger partial charge in [-0.3, -0.25) is 9.28 Å². The van der Waals surface area contributed by atoms with E-state index >= 15 is 0 Å². The van der Waals surface area contributed by atoms with E-state index in [0.29, 0.717) is 10.4 Å². The van der Waals surface area contributed by atoms with Crippen molar-refractivity contribution in [3.63, 3.8) is 0 Å². The maximum absolute atomic E-state index is 13.0. The topological polar surface area (TPSA) is 34.1 Å². The lowest BCUT2D eigenvalue weighted by Crippen LogP contribution is -2.61. The minimum atomic E-state index is -0.592. The van der Waals surface area contributed by atoms with Crippen LogP contribution in [-0.2, 0) is 9.59 Å². The first-order valence-electron chi connectivity index (χ1n) is 9.30. The number of hydrogen-bond donors (Lipinski definition) is 0. The molecule has 1 aliphatic rings. The Kier molecular flexibility index (Phi) is 5.97. The number of piperidine rings is 1. The number of unbranched alkanes of at least 4 members (excludes halogenated alkanes) is 1. The molecular formula is C21H32NO2+. The highest BCUT2D eigenvalue weighted by atomic mass is 16.2. The lowest BCUT2D eigenvalue weighted by Gasteiger charge is -2.42. The van der Waals surface area contributed by atoms with Crippen LogP contribution >= 0.6 is 0 Å². The molecule has 1 saturated heterocycles. The molecule has 0 saturated carbocycles. The van der Waals surface area contributed by atoms with Crippen LogP contribution in [0.5, 0.6) is 0 Å². The molecule has 0 N–H and O–H groups in total. The first kappa shape index (κ1) is 18.9. The molecule has 0 aromatic heterocycles. The van der Waals surface area contributed by atoms with Gasteiger partial charge in [0, 0.05) is 18.3 Å². The molecule has 3 heteroatoms. The van der Waals surface area contributed by atoms with Crippen molar-refractivity contribution in [2.45, 2.75) is 59.3 Å². The van der Waals surface area contributed by atoms with Crippen molar-refractivity contribution >= 4 is 11.7 Å². The molecule has 0 atom stereocenters. The molecule has 132 valence electrons. The number of carbonyl (C=O) groups excluding carboxylic acids is 2. The SMILES string of the molecule is CCCC[N+]1(C(=O)C(=O)C(C)(C)C)CCC(c2ccccc2)CC1. The lowest BCUT2D eigenvalue weighted by molar-refractivity contribution is -0.857. The molecule has 0 unspecified atom stereocenters. The van der Waals surface area contributed by atoms with Gasteiger partial charge in [-0.05, 0) is 17.9 Å². The number of carbonyl (C=O) groups is 2. The molecule has 0 radical (unpaired) electrons. The Labute approximate surface area is 146 Å². The Bertz CT molecular complexity index is 563. The summed E-state index contributed by atoms with van der Waals surface area (Å²) in [5.74, 6) is 0.135. The average Bonchev–Trinajstić information content (AvgIpc) is 2.59. The number of Topliss-reactive ketones (excluding diaryl/α,β-unsaturated/α-hetero) is 1. The molecule has 0 spiro atoms. The molecule has 1 aliphatic heterocycles. The lowest BCUT2D eigenvalue weighted by atomic mass is 9.85. The molecule has 3 nitrogen and oxygen atoms in total. The third-order valence-electron chi connectivity index (χ3n) is 5.33. The van der Waals surface area contributed by atoms with Gasteiger partial charge >= 0.3 is 5.91 Å². The number of rotatable bonds is 5. The minimum Gasteiger partial charge on any atom is -0.283 e. The second kappa shape index (κ2) is 7.60. The van der Waals surface area contributed by atoms with Crippen LogP contribution in [0.1, 0.15) is 64.9 Å². The minimum absolute atomic E-state index is 0.164. The predicted octanol–water partition coefficient (Wildman–Crippen LogP) is 4.32. The van der Waals surface area contributed by atoms with Crippen LogP contribution < -0.4 is 0 Å². The van der Waals surface area contributed by atoms with E-state index in [1.165, 1.54) is 5.56 Å². The number of hydrogen-bond acceptors (Lipinski definition) is 2. The van der Waals surface area contributed by atoms with Crippen molar-refractivity contribution in [3.05, 3.63) is 35.9 Å². The van der Waals surface area contributed by atoms with E-state index in [4.69, 9.17) is 0 Å². The van der Waals surface area contributed by atoms with Crippen molar-refractivity contribution in [1.82, 2.24) is 0 Å². The molecular weight excluding hydrogens is 298 g/mol. The van der Waals surface area contributed by atoms with Gasteiger partial charge in [0.15, 0.2) is 0 Å². The van der Waals surface area contributed by atoms with E-state index in [0.717, 1.165) is 45.3 Å². The molecule has 0 bridgehead atoms. The van der Waals surface area contributed by atoms with Crippen molar-refractivity contribution in [1.29, 1.82) is 0 Å². The molecule has 24 heavy (non-hydrogen) atoms. The standard InChI is InChI=1S/C21H32NO2/c1-5-6-14-22(20(24)19(23)21(2,3)4)15-12-18(13-16-22)17-10-8-7-9-11-17/h7-11,18H,5-6,12-16H2,1-4H3/q+1. The highest BCUT2D eigenvalue weighted by Gasteiger charge is 2.46. The van der Waals surface area contributed by atoms with Gasteiger partial charge in [0.25, 0.3) is 5.78 Å². The van der Waals surface area contributed by atoms with Crippen LogP contribution in [-0.4, -0.2) is 35.8 Å². The smallest absolute Gasteiger partial charge is 0.283 e. The van der Waals surface area contributed by atoms with Gasteiger partial charge in [-0.15, -0.1) is 0 Å². The monoisotopic (exact) mass is 330 g/mol. The molecule has 2 rings (SSSR count). The van der Waals surface area contributed by atoms with Crippen LogP contribution in [0.15, 0.2) is 30.3 Å². The van der Waals surface area contributed by atoms with Gasteiger partial charge in [-0.1, -0.05) is 64.4 Å². The summed E-state index contributed by atoms with van der Waals surface area (Å²) in [5, 5.41) is 0. The van der Waals surface area contributed by atoms with E-state index in [1.807, 2.05) is 26.8 Å². The second-order valence-corrected chi connectivity index (χ2v) is 8.24. The molecule has 1 amide bonds. The molecule has 1 aromatic rings. The quantitative estimate of drug-likeness (QED) is 0.595. The normalized spacial score (nSPS) is 24.6. The molecule has 1 aromatic carbocycles. The van der Waals surface area contributed by atoms with Crippen LogP contribution in [0.4, 0.5) is 0 Å². The zero-order chi connectivity index (χ0) is 17.8. The third kappa shape index (κ3) is 4.13. The van der Waals surface area contributed by atoms with Crippen LogP contribution in [0.3, 0.4) is 0 Å². The Balaban J connectivity index is 2.16. The van der Waals surface area contributed by atoms with Crippen molar-refractivity contribution in [2.24, 2.45) is 5.41 Å². The number of quaternary nitrogens is 1. The fourth-order valence-electron chi connectivity index (χ4n) is 3.65. The summed E-state index contributed by atoms with van der Waals surface area (Å²) >= 11 is 0. The number of ketones is 1. The van der Waals surface area contributed by atoms with Gasteiger partial charge in [0.05, 0.1) is 19.6 Å². The number of likely N-dealkylation sites (tertiary alicyclic amines) is 1. The zero-order valence-electron chi connectivity index (χ0n) is 15.7. The Morgan fingerprint density at radius 2 is 1.67 bits per heavy atom. The first-order chi connectivity index (χ1) is 11.3. The summed E-state index contributed by atoms with van der Waals surface area (Å²) in [5.41, 5.74) is 0.769. The summed E-state index contributed by atoms with van der Waals surface area (Å²) in [6.07, 6.45) is 4.02. The maximum atomic E-state index is 13.0. The number of amides is 1. The summed E-state index contributed by atoms with van der Waals surface area (Å²) < 4.78 is 0.368. The van der Waals surface area contributed by atoms with E-state index in [-0.39, 0.29) is 11.7 Å². The van der Waals surface area contributed by atoms with E-state index < -0.39 is 5.41 Å². The number of benzene rings is 1. The fraction of sp³-hybridized carbons (Fsp3) is 0.619. The summed E-state index contributed by atoms with van der Waals surface area (Å²) in [6, 6.07) is 10.6. The Morgan fingerprint density at radius 3 is 2.17 bits per heavy atom. The van der Waals surface area contributed by atoms with Gasteiger partial charge in [0.1, 0.15) is 0 Å². The summed E-state index contributed by atoms with van der Waals surface area (Å²) in [7, 11) is 0. The second-order valence-electron chi connectivity index (χ2n) is 8.24. The van der Waals surface area contributed by atoms with Gasteiger partial charge in [-0.2, -0.15) is 0 Å². The molecule has 1 fully saturated rings. The van der Waals surface area contributed by atoms with E-state index in [9.17, 15) is 9.59 Å². The van der Waals surface area contributed by atoms with Crippen molar-refractivity contribution < 1.29 is 14.1 Å². The zero-order valence-corrected chi connectivity index (χ0v) is 15.7. The van der Waals surface area contributed by atoms with Crippen LogP contribution in [0.25, 0.3) is 0 Å². The largest absolute Gasteiger partial charge is 0.382 e. The van der Waals surface area contributed by atoms with Crippen LogP contribution in [0.2, 0.25) is 0 Å². The molecule has 0 aliphatic carbocycles. The highest BCUT2D eigenvalue weighted by Crippen LogP contribution is 2.33. The summed E-state index contributed by atoms with van der Waals surface area (Å²) in [4.78, 5) is 25.7. The average molecular weight is 330 g/mol. The highest BCUT2D eigenvalue weighted by molar-refractivity contribution is 6.35. The number of nitrogens with zero attached hydrogens (tertiary/aromatic N) is 1. The third-order valence-corrected chi connectivity index (χ3v) is 5.33. The molecule has 1 heterocycles. The van der Waals surface area contributed by atoms with E-state index in [1.54, 1.807) is 0 Å². The predicted molar refractivity (Wildman–Crippen MR) is 97.7 cm³/mol. The van der Waals surface area contributed by atoms with Crippen molar-refractivity contribution in [3.8, 4) is 0 Å². The van der Waals surface area contributed by atoms with E-state index in [2.05, 4.69) is 31.2 Å². The van der Waals surface area contributed by atoms with Gasteiger partial charge in [-0.25, -0.2) is 4.79 Å². The first-order valence-corrected chi connectivity index (χ1v) is 9.30. The van der Waals surface area contributed by atoms with Crippen molar-refractivity contribution in [2.75, 3.05) is 19.6 Å². The fourth-order valence-corrected chi connectivity index (χ4v) is 3.65. The Hall–Kier alpha value is -1.48. The summed E-state index contributed by atoms with van der Waals surface area (Å²) in [6.45, 7) is 10.1. The van der Waals surface area contributed by atoms with Gasteiger partial charge in [0.2, 0.25) is 0 Å². The van der Waals surface area contributed by atoms with Gasteiger partial charge < -0.3 is 0 Å².